The second-order valence-corrected chi connectivity index (χ2v) is 5.32. The van der Waals surface area contributed by atoms with Gasteiger partial charge in [-0.15, -0.1) is 0 Å². The molecule has 1 aliphatic rings. The van der Waals surface area contributed by atoms with Gasteiger partial charge in [0, 0.05) is 37.1 Å². The third-order valence-corrected chi connectivity index (χ3v) is 3.04. The van der Waals surface area contributed by atoms with Crippen molar-refractivity contribution in [3.8, 4) is 0 Å². The van der Waals surface area contributed by atoms with E-state index < -0.39 is 0 Å². The zero-order valence-electron chi connectivity index (χ0n) is 10.3. The highest BCUT2D eigenvalue weighted by atomic mass is 15.2. The van der Waals surface area contributed by atoms with Gasteiger partial charge in [-0.1, -0.05) is 0 Å². The summed E-state index contributed by atoms with van der Waals surface area (Å²) in [4.78, 5) is 10.9. The fourth-order valence-electron chi connectivity index (χ4n) is 2.04. The predicted octanol–water partition coefficient (Wildman–Crippen LogP) is 1.76. The van der Waals surface area contributed by atoms with Crippen molar-refractivity contribution in [1.82, 2.24) is 14.9 Å². The molecule has 0 aromatic carbocycles. The summed E-state index contributed by atoms with van der Waals surface area (Å²) in [5, 5.41) is 3.38. The molecule has 1 atom stereocenters. The second kappa shape index (κ2) is 4.37. The average molecular weight is 220 g/mol. The zero-order valence-corrected chi connectivity index (χ0v) is 10.3. The molecular weight excluding hydrogens is 200 g/mol. The van der Waals surface area contributed by atoms with Crippen molar-refractivity contribution in [2.24, 2.45) is 0 Å². The van der Waals surface area contributed by atoms with Crippen LogP contribution in [-0.4, -0.2) is 39.5 Å². The Kier molecular flexibility index (Phi) is 3.10. The van der Waals surface area contributed by atoms with Gasteiger partial charge in [-0.2, -0.15) is 0 Å². The summed E-state index contributed by atoms with van der Waals surface area (Å²) in [6, 6.07) is 2.31. The topological polar surface area (TPSA) is 41.0 Å². The zero-order chi connectivity index (χ0) is 11.6. The second-order valence-electron chi connectivity index (χ2n) is 5.32. The minimum Gasteiger partial charge on any atom is -0.350 e. The van der Waals surface area contributed by atoms with E-state index in [9.17, 15) is 0 Å². The monoisotopic (exact) mass is 220 g/mol. The summed E-state index contributed by atoms with van der Waals surface area (Å²) in [6.07, 6.45) is 4.70. The van der Waals surface area contributed by atoms with E-state index in [0.717, 1.165) is 25.5 Å². The number of hydrogen-bond acceptors (Lipinski definition) is 4. The van der Waals surface area contributed by atoms with E-state index >= 15 is 0 Å². The van der Waals surface area contributed by atoms with Crippen molar-refractivity contribution in [1.29, 1.82) is 0 Å². The van der Waals surface area contributed by atoms with Gasteiger partial charge in [0.05, 0.1) is 0 Å². The van der Waals surface area contributed by atoms with Crippen LogP contribution in [0.3, 0.4) is 0 Å². The molecule has 0 radical (unpaired) electrons. The van der Waals surface area contributed by atoms with Crippen LogP contribution in [0.15, 0.2) is 18.5 Å². The van der Waals surface area contributed by atoms with Crippen LogP contribution < -0.4 is 5.32 Å². The van der Waals surface area contributed by atoms with Crippen LogP contribution >= 0.6 is 0 Å². The van der Waals surface area contributed by atoms with Gasteiger partial charge in [0.25, 0.3) is 0 Å². The first-order chi connectivity index (χ1) is 7.55. The highest BCUT2D eigenvalue weighted by Gasteiger charge is 2.30. The van der Waals surface area contributed by atoms with Crippen LogP contribution in [0.1, 0.15) is 27.2 Å². The van der Waals surface area contributed by atoms with E-state index in [4.69, 9.17) is 0 Å². The first kappa shape index (κ1) is 11.3. The highest BCUT2D eigenvalue weighted by Crippen LogP contribution is 2.21. The summed E-state index contributed by atoms with van der Waals surface area (Å²) in [7, 11) is 0. The van der Waals surface area contributed by atoms with Gasteiger partial charge < -0.3 is 5.32 Å². The Bertz CT molecular complexity index is 331. The molecule has 0 saturated carbocycles. The van der Waals surface area contributed by atoms with Crippen molar-refractivity contribution in [3.63, 3.8) is 0 Å². The first-order valence-corrected chi connectivity index (χ1v) is 5.84. The largest absolute Gasteiger partial charge is 0.350 e. The molecule has 2 rings (SSSR count). The molecular formula is C12H20N4. The SMILES string of the molecule is CC(C)(C)N1CCC(Nc2ncccn2)C1. The number of nitrogens with one attached hydrogen (secondary N) is 1. The van der Waals surface area contributed by atoms with E-state index in [1.165, 1.54) is 0 Å². The maximum Gasteiger partial charge on any atom is 0.222 e. The van der Waals surface area contributed by atoms with Gasteiger partial charge >= 0.3 is 0 Å². The number of anilines is 1. The maximum atomic E-state index is 4.19. The van der Waals surface area contributed by atoms with Crippen LogP contribution in [-0.2, 0) is 0 Å². The molecule has 1 unspecified atom stereocenters. The number of likely N-dealkylation sites (tertiary alicyclic amines) is 1. The lowest BCUT2D eigenvalue weighted by atomic mass is 10.1. The van der Waals surface area contributed by atoms with Crippen LogP contribution in [0.4, 0.5) is 5.95 Å². The normalized spacial score (nSPS) is 22.3. The maximum absolute atomic E-state index is 4.19. The highest BCUT2D eigenvalue weighted by molar-refractivity contribution is 5.25. The van der Waals surface area contributed by atoms with Gasteiger partial charge in [0.1, 0.15) is 0 Å². The van der Waals surface area contributed by atoms with E-state index in [1.54, 1.807) is 12.4 Å². The van der Waals surface area contributed by atoms with E-state index in [1.807, 2.05) is 6.07 Å². The first-order valence-electron chi connectivity index (χ1n) is 5.84. The lowest BCUT2D eigenvalue weighted by Gasteiger charge is -2.31. The Labute approximate surface area is 97.1 Å². The molecule has 4 nitrogen and oxygen atoms in total. The fourth-order valence-corrected chi connectivity index (χ4v) is 2.04. The third kappa shape index (κ3) is 2.70. The quantitative estimate of drug-likeness (QED) is 0.824. The molecule has 0 amide bonds. The molecule has 0 spiro atoms. The van der Waals surface area contributed by atoms with Crippen LogP contribution in [0.25, 0.3) is 0 Å². The molecule has 1 aromatic rings. The van der Waals surface area contributed by atoms with Gasteiger partial charge in [0.15, 0.2) is 0 Å². The number of nitrogens with zero attached hydrogens (tertiary/aromatic N) is 3. The number of rotatable bonds is 2. The van der Waals surface area contributed by atoms with Gasteiger partial charge in [-0.25, -0.2) is 9.97 Å². The molecule has 1 fully saturated rings. The molecule has 16 heavy (non-hydrogen) atoms. The van der Waals surface area contributed by atoms with E-state index in [2.05, 4.69) is 41.0 Å². The van der Waals surface area contributed by atoms with Crippen LogP contribution in [0.2, 0.25) is 0 Å². The van der Waals surface area contributed by atoms with Crippen LogP contribution in [0.5, 0.6) is 0 Å². The van der Waals surface area contributed by atoms with Crippen molar-refractivity contribution < 1.29 is 0 Å². The summed E-state index contributed by atoms with van der Waals surface area (Å²) in [5.41, 5.74) is 0.258. The van der Waals surface area contributed by atoms with Crippen molar-refractivity contribution in [2.45, 2.75) is 38.8 Å². The molecule has 4 heteroatoms. The van der Waals surface area contributed by atoms with E-state index in [-0.39, 0.29) is 5.54 Å². The molecule has 2 heterocycles. The Morgan fingerprint density at radius 3 is 2.56 bits per heavy atom. The third-order valence-electron chi connectivity index (χ3n) is 3.04. The minimum atomic E-state index is 0.258. The molecule has 0 bridgehead atoms. The Morgan fingerprint density at radius 1 is 1.31 bits per heavy atom. The van der Waals surface area contributed by atoms with Crippen molar-refractivity contribution >= 4 is 5.95 Å². The standard InChI is InChI=1S/C12H20N4/c1-12(2,3)16-8-5-10(9-16)15-11-13-6-4-7-14-11/h4,6-7,10H,5,8-9H2,1-3H3,(H,13,14,15). The van der Waals surface area contributed by atoms with Gasteiger partial charge in [-0.05, 0) is 33.3 Å². The van der Waals surface area contributed by atoms with E-state index in [0.29, 0.717) is 6.04 Å². The fraction of sp³-hybridized carbons (Fsp3) is 0.667. The lowest BCUT2D eigenvalue weighted by molar-refractivity contribution is 0.174. The minimum absolute atomic E-state index is 0.258. The Balaban J connectivity index is 1.91. The molecule has 1 aliphatic heterocycles. The Hall–Kier alpha value is -1.16. The van der Waals surface area contributed by atoms with Crippen molar-refractivity contribution in [2.75, 3.05) is 18.4 Å². The smallest absolute Gasteiger partial charge is 0.222 e. The molecule has 1 aromatic heterocycles. The average Bonchev–Trinajstić information content (AvgIpc) is 2.67. The molecule has 0 aliphatic carbocycles. The summed E-state index contributed by atoms with van der Waals surface area (Å²) < 4.78 is 0. The summed E-state index contributed by atoms with van der Waals surface area (Å²) in [5.74, 6) is 0.739. The predicted molar refractivity (Wildman–Crippen MR) is 65.4 cm³/mol. The molecule has 1 saturated heterocycles. The van der Waals surface area contributed by atoms with Crippen LogP contribution in [0, 0.1) is 0 Å². The number of aromatic nitrogens is 2. The van der Waals surface area contributed by atoms with Crippen molar-refractivity contribution in [3.05, 3.63) is 18.5 Å². The molecule has 1 N–H and O–H groups in total. The Morgan fingerprint density at radius 2 is 2.00 bits per heavy atom. The summed E-state index contributed by atoms with van der Waals surface area (Å²) in [6.45, 7) is 8.99. The summed E-state index contributed by atoms with van der Waals surface area (Å²) >= 11 is 0. The van der Waals surface area contributed by atoms with Gasteiger partial charge in [-0.3, -0.25) is 4.90 Å². The lowest BCUT2D eigenvalue weighted by Crippen LogP contribution is -2.40. The number of hydrogen-bond donors (Lipinski definition) is 1. The van der Waals surface area contributed by atoms with Gasteiger partial charge in [0.2, 0.25) is 5.95 Å². The molecule has 88 valence electrons.